The van der Waals surface area contributed by atoms with Gasteiger partial charge in [-0.15, -0.1) is 0 Å². The van der Waals surface area contributed by atoms with Crippen molar-refractivity contribution in [2.45, 2.75) is 12.6 Å². The van der Waals surface area contributed by atoms with Gasteiger partial charge in [0.05, 0.1) is 0 Å². The van der Waals surface area contributed by atoms with Gasteiger partial charge in [-0.1, -0.05) is 0 Å². The average molecular weight is 267 g/mol. The molecule has 0 saturated carbocycles. The Kier molecular flexibility index (Phi) is 5.36. The lowest BCUT2D eigenvalue weighted by Gasteiger charge is -2.10. The van der Waals surface area contributed by atoms with Gasteiger partial charge < -0.3 is 15.2 Å². The first-order valence-corrected chi connectivity index (χ1v) is 5.17. The lowest BCUT2D eigenvalue weighted by Crippen LogP contribution is -2.19. The molecule has 0 saturated heterocycles. The summed E-state index contributed by atoms with van der Waals surface area (Å²) >= 11 is 0. The number of rotatable bonds is 6. The fraction of sp³-hybridized carbons (Fsp3) is 0.455. The summed E-state index contributed by atoms with van der Waals surface area (Å²) in [5.41, 5.74) is 5.93. The van der Waals surface area contributed by atoms with Gasteiger partial charge in [0, 0.05) is 6.07 Å². The Morgan fingerprint density at radius 1 is 1.17 bits per heavy atom. The molecule has 0 spiro atoms. The molecule has 0 atom stereocenters. The molecule has 0 aromatic heterocycles. The molecule has 2 N–H and O–H groups in total. The summed E-state index contributed by atoms with van der Waals surface area (Å²) in [6.45, 7) is -1.66. The minimum absolute atomic E-state index is 0.112. The highest BCUT2D eigenvalue weighted by molar-refractivity contribution is 5.29. The van der Waals surface area contributed by atoms with Gasteiger partial charge in [0.15, 0.2) is 6.79 Å². The van der Waals surface area contributed by atoms with Gasteiger partial charge in [0.2, 0.25) is 0 Å². The third-order valence-corrected chi connectivity index (χ3v) is 1.94. The number of hydrogen-bond donors (Lipinski definition) is 1. The number of hydrogen-bond acceptors (Lipinski definition) is 3. The summed E-state index contributed by atoms with van der Waals surface area (Å²) in [6.07, 6.45) is -3.95. The minimum Gasteiger partial charge on any atom is -0.467 e. The number of nitrogens with two attached hydrogens (primary N) is 1. The third-order valence-electron chi connectivity index (χ3n) is 1.94. The molecule has 0 heterocycles. The van der Waals surface area contributed by atoms with Crippen molar-refractivity contribution < 1.29 is 27.0 Å². The van der Waals surface area contributed by atoms with Crippen LogP contribution in [0.3, 0.4) is 0 Å². The van der Waals surface area contributed by atoms with E-state index in [9.17, 15) is 17.6 Å². The molecule has 0 amide bonds. The van der Waals surface area contributed by atoms with Crippen LogP contribution in [0.5, 0.6) is 5.75 Å². The van der Waals surface area contributed by atoms with Crippen LogP contribution in [0.15, 0.2) is 18.2 Å². The lowest BCUT2D eigenvalue weighted by atomic mass is 10.1. The van der Waals surface area contributed by atoms with Crippen LogP contribution in [0.4, 0.5) is 17.6 Å². The van der Waals surface area contributed by atoms with Crippen molar-refractivity contribution in [3.05, 3.63) is 29.6 Å². The van der Waals surface area contributed by atoms with E-state index in [-0.39, 0.29) is 5.75 Å². The van der Waals surface area contributed by atoms with Gasteiger partial charge in [0.25, 0.3) is 0 Å². The van der Waals surface area contributed by atoms with Gasteiger partial charge in [0.1, 0.15) is 18.2 Å². The molecule has 0 aliphatic rings. The van der Waals surface area contributed by atoms with Gasteiger partial charge in [-0.3, -0.25) is 0 Å². The van der Waals surface area contributed by atoms with Crippen LogP contribution in [0.25, 0.3) is 0 Å². The van der Waals surface area contributed by atoms with Crippen LogP contribution in [-0.4, -0.2) is 26.1 Å². The van der Waals surface area contributed by atoms with Gasteiger partial charge >= 0.3 is 6.18 Å². The molecule has 0 fully saturated rings. The summed E-state index contributed by atoms with van der Waals surface area (Å²) in [5.74, 6) is -0.424. The van der Waals surface area contributed by atoms with E-state index in [4.69, 9.17) is 10.5 Å². The highest BCUT2D eigenvalue weighted by Crippen LogP contribution is 2.18. The second kappa shape index (κ2) is 6.55. The van der Waals surface area contributed by atoms with Crippen molar-refractivity contribution in [2.75, 3.05) is 19.9 Å². The summed E-state index contributed by atoms with van der Waals surface area (Å²) in [5, 5.41) is 0. The SMILES string of the molecule is NCCc1cc(F)cc(OCOCC(F)(F)F)c1. The molecule has 0 bridgehead atoms. The monoisotopic (exact) mass is 267 g/mol. The first kappa shape index (κ1) is 14.7. The van der Waals surface area contributed by atoms with Crippen LogP contribution < -0.4 is 10.5 Å². The average Bonchev–Trinajstić information content (AvgIpc) is 2.23. The molecular formula is C11H13F4NO2. The maximum absolute atomic E-state index is 13.1. The van der Waals surface area contributed by atoms with E-state index in [1.54, 1.807) is 0 Å². The topological polar surface area (TPSA) is 44.5 Å². The molecule has 7 heteroatoms. The van der Waals surface area contributed by atoms with Crippen LogP contribution >= 0.6 is 0 Å². The van der Waals surface area contributed by atoms with Crippen LogP contribution in [0.2, 0.25) is 0 Å². The number of halogens is 4. The predicted molar refractivity (Wildman–Crippen MR) is 56.7 cm³/mol. The molecule has 1 aromatic rings. The van der Waals surface area contributed by atoms with Crippen LogP contribution in [-0.2, 0) is 11.2 Å². The largest absolute Gasteiger partial charge is 0.467 e. The molecular weight excluding hydrogens is 254 g/mol. The Morgan fingerprint density at radius 3 is 2.50 bits per heavy atom. The Hall–Kier alpha value is -1.34. The van der Waals surface area contributed by atoms with E-state index in [1.165, 1.54) is 12.1 Å². The van der Waals surface area contributed by atoms with Crippen molar-refractivity contribution >= 4 is 0 Å². The Morgan fingerprint density at radius 2 is 1.89 bits per heavy atom. The third kappa shape index (κ3) is 5.83. The molecule has 102 valence electrons. The van der Waals surface area contributed by atoms with Gasteiger partial charge in [-0.2, -0.15) is 13.2 Å². The fourth-order valence-corrected chi connectivity index (χ4v) is 1.28. The molecule has 0 radical (unpaired) electrons. The quantitative estimate of drug-likeness (QED) is 0.488. The standard InChI is InChI=1S/C11H13F4NO2/c12-9-3-8(1-2-16)4-10(5-9)18-7-17-6-11(13,14)15/h3-5H,1-2,6-7,16H2. The fourth-order valence-electron chi connectivity index (χ4n) is 1.28. The van der Waals surface area contributed by atoms with E-state index < -0.39 is 25.4 Å². The zero-order chi connectivity index (χ0) is 13.6. The molecule has 3 nitrogen and oxygen atoms in total. The smallest absolute Gasteiger partial charge is 0.411 e. The highest BCUT2D eigenvalue weighted by atomic mass is 19.4. The first-order chi connectivity index (χ1) is 8.40. The highest BCUT2D eigenvalue weighted by Gasteiger charge is 2.27. The maximum atomic E-state index is 13.1. The summed E-state index contributed by atoms with van der Waals surface area (Å²) < 4.78 is 57.5. The molecule has 0 unspecified atom stereocenters. The maximum Gasteiger partial charge on any atom is 0.411 e. The van der Waals surface area contributed by atoms with E-state index in [1.807, 2.05) is 0 Å². The Labute approximate surface area is 101 Å². The first-order valence-electron chi connectivity index (χ1n) is 5.17. The molecule has 0 aliphatic heterocycles. The van der Waals surface area contributed by atoms with Crippen LogP contribution in [0.1, 0.15) is 5.56 Å². The van der Waals surface area contributed by atoms with Crippen molar-refractivity contribution in [2.24, 2.45) is 5.73 Å². The number of alkyl halides is 3. The van der Waals surface area contributed by atoms with Crippen LogP contribution in [0, 0.1) is 5.82 Å². The second-order valence-electron chi connectivity index (χ2n) is 3.56. The Bertz CT molecular complexity index is 382. The van der Waals surface area contributed by atoms with Crippen molar-refractivity contribution in [3.8, 4) is 5.75 Å². The molecule has 1 rings (SSSR count). The molecule has 18 heavy (non-hydrogen) atoms. The lowest BCUT2D eigenvalue weighted by molar-refractivity contribution is -0.186. The summed E-state index contributed by atoms with van der Waals surface area (Å²) in [7, 11) is 0. The normalized spacial score (nSPS) is 11.6. The zero-order valence-electron chi connectivity index (χ0n) is 9.47. The number of ether oxygens (including phenoxy) is 2. The van der Waals surface area contributed by atoms with E-state index in [2.05, 4.69) is 4.74 Å². The molecule has 0 aliphatic carbocycles. The molecule has 1 aromatic carbocycles. The van der Waals surface area contributed by atoms with Gasteiger partial charge in [-0.05, 0) is 30.7 Å². The number of benzene rings is 1. The van der Waals surface area contributed by atoms with E-state index in [0.29, 0.717) is 18.5 Å². The van der Waals surface area contributed by atoms with E-state index >= 15 is 0 Å². The minimum atomic E-state index is -4.41. The van der Waals surface area contributed by atoms with Crippen molar-refractivity contribution in [1.82, 2.24) is 0 Å². The van der Waals surface area contributed by atoms with Crippen molar-refractivity contribution in [3.63, 3.8) is 0 Å². The van der Waals surface area contributed by atoms with Crippen molar-refractivity contribution in [1.29, 1.82) is 0 Å². The summed E-state index contributed by atoms with van der Waals surface area (Å²) in [6, 6.07) is 3.86. The second-order valence-corrected chi connectivity index (χ2v) is 3.56. The van der Waals surface area contributed by atoms with E-state index in [0.717, 1.165) is 6.07 Å². The zero-order valence-corrected chi connectivity index (χ0v) is 9.47. The van der Waals surface area contributed by atoms with Gasteiger partial charge in [-0.25, -0.2) is 4.39 Å². The predicted octanol–water partition coefficient (Wildman–Crippen LogP) is 2.24. The summed E-state index contributed by atoms with van der Waals surface area (Å²) in [4.78, 5) is 0. The Balaban J connectivity index is 2.46.